The summed E-state index contributed by atoms with van der Waals surface area (Å²) in [6.45, 7) is 1.60. The van der Waals surface area contributed by atoms with Gasteiger partial charge in [0.25, 0.3) is 0 Å². The maximum atomic E-state index is 9.37. The molecule has 0 radical (unpaired) electrons. The minimum absolute atomic E-state index is 0.222. The van der Waals surface area contributed by atoms with E-state index in [2.05, 4.69) is 17.1 Å². The molecule has 78 valence electrons. The fourth-order valence-corrected chi connectivity index (χ4v) is 1.03. The Hall–Kier alpha value is -1.90. The van der Waals surface area contributed by atoms with Crippen LogP contribution >= 0.6 is 0 Å². The molecule has 1 aromatic heterocycles. The van der Waals surface area contributed by atoms with Gasteiger partial charge in [-0.1, -0.05) is 31.2 Å². The molecule has 0 saturated carbocycles. The Morgan fingerprint density at radius 2 is 1.87 bits per heavy atom. The van der Waals surface area contributed by atoms with Gasteiger partial charge in [0, 0.05) is 18.8 Å². The summed E-state index contributed by atoms with van der Waals surface area (Å²) in [5.41, 5.74) is 0. The topological polar surface area (TPSA) is 50.2 Å². The normalized spacial score (nSPS) is 9.13. The second-order valence-corrected chi connectivity index (χ2v) is 2.97. The van der Waals surface area contributed by atoms with E-state index >= 15 is 0 Å². The number of benzene rings is 1. The lowest BCUT2D eigenvalue weighted by Crippen LogP contribution is -1.86. The number of nitrogens with zero attached hydrogens (tertiary/aromatic N) is 1. The zero-order valence-electron chi connectivity index (χ0n) is 8.55. The Balaban J connectivity index is 0.000000195. The van der Waals surface area contributed by atoms with E-state index in [4.69, 9.17) is 5.11 Å². The molecule has 0 aliphatic heterocycles. The summed E-state index contributed by atoms with van der Waals surface area (Å²) in [6, 6.07) is 10.2. The summed E-state index contributed by atoms with van der Waals surface area (Å²) >= 11 is 0. The Labute approximate surface area is 88.4 Å². The van der Waals surface area contributed by atoms with Gasteiger partial charge in [-0.3, -0.25) is 9.78 Å². The number of carbonyl (C=O) groups is 1. The van der Waals surface area contributed by atoms with Crippen LogP contribution in [0, 0.1) is 0 Å². The molecule has 1 aromatic carbocycles. The molecule has 0 saturated heterocycles. The standard InChI is InChI=1S/C9H7N.C3H6O2/c1-2-4-9-7-10-6-5-8(9)3-1;1-2-3(4)5/h1-7H;2H2,1H3,(H,4,5). The molecule has 2 aromatic rings. The lowest BCUT2D eigenvalue weighted by molar-refractivity contribution is -0.136. The van der Waals surface area contributed by atoms with Crippen molar-refractivity contribution in [2.24, 2.45) is 0 Å². The van der Waals surface area contributed by atoms with Gasteiger partial charge in [0.15, 0.2) is 0 Å². The van der Waals surface area contributed by atoms with E-state index in [0.717, 1.165) is 0 Å². The van der Waals surface area contributed by atoms with Gasteiger partial charge in [-0.15, -0.1) is 0 Å². The number of carboxylic acids is 1. The molecular weight excluding hydrogens is 190 g/mol. The van der Waals surface area contributed by atoms with Crippen molar-refractivity contribution in [3.8, 4) is 0 Å². The van der Waals surface area contributed by atoms with Crippen LogP contribution in [0.1, 0.15) is 13.3 Å². The Kier molecular flexibility index (Phi) is 4.29. The SMILES string of the molecule is CCC(=O)O.c1ccc2cnccc2c1. The number of fused-ring (bicyclic) bond motifs is 1. The maximum Gasteiger partial charge on any atom is 0.303 e. The number of pyridine rings is 1. The van der Waals surface area contributed by atoms with Gasteiger partial charge < -0.3 is 5.11 Å². The molecule has 0 bridgehead atoms. The van der Waals surface area contributed by atoms with Gasteiger partial charge in [-0.25, -0.2) is 0 Å². The second kappa shape index (κ2) is 5.75. The Bertz CT molecular complexity index is 375. The maximum absolute atomic E-state index is 9.37. The highest BCUT2D eigenvalue weighted by atomic mass is 16.4. The molecule has 3 nitrogen and oxygen atoms in total. The number of hydrogen-bond acceptors (Lipinski definition) is 2. The van der Waals surface area contributed by atoms with Crippen molar-refractivity contribution in [3.05, 3.63) is 42.7 Å². The lowest BCUT2D eigenvalue weighted by atomic mass is 10.2. The lowest BCUT2D eigenvalue weighted by Gasteiger charge is -1.91. The number of rotatable bonds is 1. The molecular formula is C12H13NO2. The van der Waals surface area contributed by atoms with E-state index < -0.39 is 5.97 Å². The van der Waals surface area contributed by atoms with E-state index in [0.29, 0.717) is 0 Å². The van der Waals surface area contributed by atoms with Crippen LogP contribution in [0.4, 0.5) is 0 Å². The minimum Gasteiger partial charge on any atom is -0.481 e. The molecule has 1 N–H and O–H groups in total. The molecule has 0 unspecified atom stereocenters. The fraction of sp³-hybridized carbons (Fsp3) is 0.167. The van der Waals surface area contributed by atoms with Crippen LogP contribution in [0.5, 0.6) is 0 Å². The molecule has 3 heteroatoms. The van der Waals surface area contributed by atoms with Crippen molar-refractivity contribution in [1.29, 1.82) is 0 Å². The number of hydrogen-bond donors (Lipinski definition) is 1. The molecule has 2 rings (SSSR count). The molecule has 0 spiro atoms. The van der Waals surface area contributed by atoms with Crippen LogP contribution in [0.3, 0.4) is 0 Å². The summed E-state index contributed by atoms with van der Waals surface area (Å²) in [7, 11) is 0. The molecule has 0 aliphatic rings. The molecule has 1 heterocycles. The zero-order valence-corrected chi connectivity index (χ0v) is 8.55. The van der Waals surface area contributed by atoms with E-state index in [1.54, 1.807) is 6.92 Å². The predicted octanol–water partition coefficient (Wildman–Crippen LogP) is 2.72. The number of aromatic nitrogens is 1. The third-order valence-corrected chi connectivity index (χ3v) is 1.85. The summed E-state index contributed by atoms with van der Waals surface area (Å²) < 4.78 is 0. The smallest absolute Gasteiger partial charge is 0.303 e. The number of aliphatic carboxylic acids is 1. The van der Waals surface area contributed by atoms with Crippen molar-refractivity contribution in [1.82, 2.24) is 4.98 Å². The average molecular weight is 203 g/mol. The van der Waals surface area contributed by atoms with E-state index in [-0.39, 0.29) is 6.42 Å². The largest absolute Gasteiger partial charge is 0.481 e. The minimum atomic E-state index is -0.745. The third-order valence-electron chi connectivity index (χ3n) is 1.85. The first-order chi connectivity index (χ1) is 7.24. The highest BCUT2D eigenvalue weighted by molar-refractivity contribution is 5.80. The van der Waals surface area contributed by atoms with Gasteiger partial charge >= 0.3 is 5.97 Å². The van der Waals surface area contributed by atoms with Crippen molar-refractivity contribution >= 4 is 16.7 Å². The van der Waals surface area contributed by atoms with Crippen LogP contribution in [0.25, 0.3) is 10.8 Å². The number of carboxylic acid groups (broad SMARTS) is 1. The first-order valence-corrected chi connectivity index (χ1v) is 4.74. The van der Waals surface area contributed by atoms with E-state index in [1.807, 2.05) is 30.6 Å². The first-order valence-electron chi connectivity index (χ1n) is 4.74. The average Bonchev–Trinajstić information content (AvgIpc) is 2.30. The fourth-order valence-electron chi connectivity index (χ4n) is 1.03. The van der Waals surface area contributed by atoms with E-state index in [9.17, 15) is 4.79 Å². The van der Waals surface area contributed by atoms with Crippen molar-refractivity contribution in [2.75, 3.05) is 0 Å². The molecule has 0 amide bonds. The van der Waals surface area contributed by atoms with Crippen LogP contribution in [0.2, 0.25) is 0 Å². The Morgan fingerprint density at radius 1 is 1.27 bits per heavy atom. The zero-order chi connectivity index (χ0) is 11.1. The molecule has 0 atom stereocenters. The van der Waals surface area contributed by atoms with Crippen molar-refractivity contribution in [2.45, 2.75) is 13.3 Å². The summed E-state index contributed by atoms with van der Waals surface area (Å²) in [4.78, 5) is 13.4. The highest BCUT2D eigenvalue weighted by Crippen LogP contribution is 2.09. The quantitative estimate of drug-likeness (QED) is 0.775. The summed E-state index contributed by atoms with van der Waals surface area (Å²) in [5, 5.41) is 10.2. The third kappa shape index (κ3) is 3.77. The highest BCUT2D eigenvalue weighted by Gasteiger charge is 1.86. The van der Waals surface area contributed by atoms with Gasteiger partial charge in [0.1, 0.15) is 0 Å². The monoisotopic (exact) mass is 203 g/mol. The first kappa shape index (κ1) is 11.2. The Morgan fingerprint density at radius 3 is 2.40 bits per heavy atom. The van der Waals surface area contributed by atoms with Crippen LogP contribution in [-0.4, -0.2) is 16.1 Å². The van der Waals surface area contributed by atoms with Crippen LogP contribution < -0.4 is 0 Å². The van der Waals surface area contributed by atoms with Crippen LogP contribution in [0.15, 0.2) is 42.7 Å². The van der Waals surface area contributed by atoms with Gasteiger partial charge in [-0.05, 0) is 16.8 Å². The van der Waals surface area contributed by atoms with Gasteiger partial charge in [-0.2, -0.15) is 0 Å². The van der Waals surface area contributed by atoms with Crippen LogP contribution in [-0.2, 0) is 4.79 Å². The van der Waals surface area contributed by atoms with Crippen molar-refractivity contribution in [3.63, 3.8) is 0 Å². The molecule has 15 heavy (non-hydrogen) atoms. The van der Waals surface area contributed by atoms with Gasteiger partial charge in [0.05, 0.1) is 0 Å². The van der Waals surface area contributed by atoms with Crippen molar-refractivity contribution < 1.29 is 9.90 Å². The second-order valence-electron chi connectivity index (χ2n) is 2.97. The summed E-state index contributed by atoms with van der Waals surface area (Å²) in [5.74, 6) is -0.745. The molecule has 0 fully saturated rings. The van der Waals surface area contributed by atoms with E-state index in [1.165, 1.54) is 10.8 Å². The summed E-state index contributed by atoms with van der Waals surface area (Å²) in [6.07, 6.45) is 3.90. The van der Waals surface area contributed by atoms with Gasteiger partial charge in [0.2, 0.25) is 0 Å². The predicted molar refractivity (Wildman–Crippen MR) is 59.7 cm³/mol. The molecule has 0 aliphatic carbocycles.